The van der Waals surface area contributed by atoms with Gasteiger partial charge in [0.15, 0.2) is 38.5 Å². The molecule has 4 aliphatic rings. The third-order valence-electron chi connectivity index (χ3n) is 21.3. The fourth-order valence-electron chi connectivity index (χ4n) is 13.3. The lowest BCUT2D eigenvalue weighted by atomic mass is 10.1. The standard InChI is InChI=1S/C25H44N6O3SSi.C19H30N6O3S.C16H34N6OSSi.C10H19N5O2S.C2HF3O2/c1-25(2,3)36(8,9)28-35(32,27-16-20-12-13-23(33-6)15-24(20)34-7)31(22-17-26-30(5)19-22)21-11-10-14-29(4)18-21;1-23-9-5-6-16(13-23)25(17-12-21-24(2)14-17)29(20,26)22-11-15-7-8-18(27-3)10-19(15)28-4;1-16(2,3)25(6,7)19-24(17,23)22(15-11-18-21(5)13-15)14-9-8-10-20(4)12-14;1-13-5-3-4-9(7-13)15(18(11,16)17)10-6-12-14(2)8-10;3-2(4,5)1(6)7/h12-13,15,17,19,21H,10-11,14,16,18H2,1-9H3,(H,27,28,32);7-8,10,12,14,16H,5-6,9,11,13H2,1-4H3,(H2,20,22,26);11,13-14H,8-10,12H2,1-7H3,(H2,17,19,23);6,8-9H,3-5,7H2,1-2H3,(H2,11,16,17);(H,6,7). The number of nitrogens with one attached hydrogen (secondary N) is 4. The summed E-state index contributed by atoms with van der Waals surface area (Å²) in [5.41, 5.74) is 4.51. The molecule has 4 aromatic heterocycles. The lowest BCUT2D eigenvalue weighted by molar-refractivity contribution is -0.885. The molecular formula is C72H128F3N23O11S4Si2. The van der Waals surface area contributed by atoms with Gasteiger partial charge in [-0.25, -0.2) is 49.5 Å². The van der Waals surface area contributed by atoms with Crippen LogP contribution in [-0.2, 0) is 86.6 Å². The van der Waals surface area contributed by atoms with E-state index >= 15 is 4.21 Å². The topological polar surface area (TPSA) is 385 Å². The summed E-state index contributed by atoms with van der Waals surface area (Å²) in [4.78, 5) is 16.9. The quantitative estimate of drug-likeness (QED) is 0.0356. The van der Waals surface area contributed by atoms with Crippen molar-refractivity contribution in [2.75, 3.05) is 126 Å². The number of nitrogens with two attached hydrogens (primary N) is 2. The number of halogens is 3. The first-order valence-electron chi connectivity index (χ1n) is 38.1. The number of methoxy groups -OCH3 is 4. The monoisotopic (exact) mass is 1730 g/mol. The fraction of sp³-hybridized carbons (Fsp3) is 0.653. The van der Waals surface area contributed by atoms with Crippen LogP contribution < -0.4 is 65.6 Å². The van der Waals surface area contributed by atoms with Crippen molar-refractivity contribution in [2.45, 2.75) is 173 Å². The second-order valence-electron chi connectivity index (χ2n) is 32.9. The zero-order chi connectivity index (χ0) is 86.2. The lowest BCUT2D eigenvalue weighted by Crippen LogP contribution is -3.11. The number of aromatic nitrogens is 8. The number of hydrogen-bond acceptors (Lipinski definition) is 21. The first kappa shape index (κ1) is 96.7. The molecule has 0 aliphatic carbocycles. The number of carboxylic acid groups (broad SMARTS) is 1. The summed E-state index contributed by atoms with van der Waals surface area (Å²) < 4.78 is 158. The molecule has 4 aliphatic heterocycles. The smallest absolute Gasteiger partial charge is 0.430 e. The van der Waals surface area contributed by atoms with Crippen molar-refractivity contribution in [3.63, 3.8) is 0 Å². The van der Waals surface area contributed by atoms with Crippen LogP contribution >= 0.6 is 0 Å². The van der Waals surface area contributed by atoms with Gasteiger partial charge in [0, 0.05) is 102 Å². The fourth-order valence-corrected chi connectivity index (χ4v) is 26.7. The molecule has 115 heavy (non-hydrogen) atoms. The highest BCUT2D eigenvalue weighted by Crippen LogP contribution is 2.40. The number of carboxylic acids is 1. The Labute approximate surface area is 683 Å². The Bertz CT molecular complexity index is 4630. The number of likely N-dealkylation sites (N-methyl/N-ethyl adjacent to an activating group) is 4. The first-order chi connectivity index (χ1) is 53.3. The van der Waals surface area contributed by atoms with Gasteiger partial charge in [-0.2, -0.15) is 42.0 Å². The van der Waals surface area contributed by atoms with Crippen LogP contribution in [0.15, 0.2) is 94.4 Å². The largest absolute Gasteiger partial charge is 0.542 e. The third kappa shape index (κ3) is 27.5. The van der Waals surface area contributed by atoms with Gasteiger partial charge in [0.05, 0.1) is 127 Å². The number of piperidine rings is 4. The van der Waals surface area contributed by atoms with E-state index in [4.69, 9.17) is 47.9 Å². The van der Waals surface area contributed by atoms with Gasteiger partial charge < -0.3 is 48.4 Å². The molecule has 8 N–H and O–H groups in total. The van der Waals surface area contributed by atoms with Crippen molar-refractivity contribution >= 4 is 85.7 Å². The van der Waals surface area contributed by atoms with Crippen LogP contribution in [0.4, 0.5) is 35.9 Å². The molecule has 0 radical (unpaired) electrons. The minimum atomic E-state index is -5.19. The number of quaternary nitrogens is 1. The summed E-state index contributed by atoms with van der Waals surface area (Å²) in [5, 5.41) is 37.3. The number of benzene rings is 2. The van der Waals surface area contributed by atoms with E-state index in [1.54, 1.807) is 93.7 Å². The van der Waals surface area contributed by atoms with E-state index in [9.17, 15) is 30.0 Å². The summed E-state index contributed by atoms with van der Waals surface area (Å²) in [6.07, 6.45) is 16.6. The van der Waals surface area contributed by atoms with Crippen molar-refractivity contribution in [1.82, 2.24) is 62.9 Å². The summed E-state index contributed by atoms with van der Waals surface area (Å²) in [6.45, 7) is 29.6. The maximum atomic E-state index is 15.2. The van der Waals surface area contributed by atoms with Crippen LogP contribution in [0.1, 0.15) is 104 Å². The van der Waals surface area contributed by atoms with Crippen LogP contribution in [0.25, 0.3) is 0 Å². The predicted molar refractivity (Wildman–Crippen MR) is 451 cm³/mol. The van der Waals surface area contributed by atoms with E-state index in [-0.39, 0.29) is 40.8 Å². The maximum Gasteiger partial charge on any atom is 0.430 e. The minimum absolute atomic E-state index is 0.000669. The number of aryl methyl sites for hydroxylation is 4. The highest BCUT2D eigenvalue weighted by molar-refractivity contribution is 7.94. The number of likely N-dealkylation sites (tertiary alicyclic amines) is 4. The van der Waals surface area contributed by atoms with Crippen LogP contribution in [0.3, 0.4) is 0 Å². The number of nitrogens with zero attached hydrogens (tertiary/aromatic N) is 17. The van der Waals surface area contributed by atoms with Gasteiger partial charge in [0.25, 0.3) is 10.2 Å². The molecular weight excluding hydrogens is 1600 g/mol. The van der Waals surface area contributed by atoms with Crippen LogP contribution in [0.2, 0.25) is 36.3 Å². The molecule has 8 unspecified atom stereocenters. The number of aliphatic carboxylic acids is 1. The molecule has 6 aromatic rings. The molecule has 4 saturated heterocycles. The van der Waals surface area contributed by atoms with Gasteiger partial charge >= 0.3 is 6.18 Å². The average molecular weight is 1730 g/mol. The third-order valence-corrected chi connectivity index (χ3v) is 39.9. The molecule has 2 aromatic carbocycles. The Hall–Kier alpha value is -7.15. The molecule has 0 spiro atoms. The normalized spacial score (nSPS) is 20.4. The Balaban J connectivity index is 0.000000237. The molecule has 0 bridgehead atoms. The van der Waals surface area contributed by atoms with E-state index in [0.717, 1.165) is 126 Å². The zero-order valence-corrected chi connectivity index (χ0v) is 76.4. The molecule has 0 saturated carbocycles. The Morgan fingerprint density at radius 1 is 0.600 bits per heavy atom. The van der Waals surface area contributed by atoms with E-state index in [2.05, 4.69) is 144 Å². The summed E-state index contributed by atoms with van der Waals surface area (Å²) in [5.74, 6) is -0.312. The number of hydrogen-bond donors (Lipinski definition) is 6. The van der Waals surface area contributed by atoms with Crippen molar-refractivity contribution < 1.29 is 68.0 Å². The molecule has 43 heteroatoms. The highest BCUT2D eigenvalue weighted by atomic mass is 32.2. The zero-order valence-electron chi connectivity index (χ0n) is 71.1. The summed E-state index contributed by atoms with van der Waals surface area (Å²) in [7, 11) is 4.48. The van der Waals surface area contributed by atoms with E-state index in [0.29, 0.717) is 40.9 Å². The number of carbonyl (C=O) groups is 1. The van der Waals surface area contributed by atoms with Crippen molar-refractivity contribution in [3.05, 3.63) is 97.1 Å². The Kier molecular flexibility index (Phi) is 34.1. The second kappa shape index (κ2) is 40.5. The Morgan fingerprint density at radius 3 is 1.35 bits per heavy atom. The number of rotatable bonds is 24. The van der Waals surface area contributed by atoms with Crippen molar-refractivity contribution in [3.8, 4) is 23.0 Å². The number of anilines is 4. The van der Waals surface area contributed by atoms with Gasteiger partial charge in [-0.15, -0.1) is 0 Å². The van der Waals surface area contributed by atoms with Crippen LogP contribution in [0.5, 0.6) is 23.0 Å². The van der Waals surface area contributed by atoms with Gasteiger partial charge in [0.2, 0.25) is 0 Å². The van der Waals surface area contributed by atoms with Crippen LogP contribution in [-0.4, -0.2) is 237 Å². The highest BCUT2D eigenvalue weighted by Gasteiger charge is 2.44. The SMILES string of the molecule is CN1CCCC(N(c2cnn(C)c2)S(=N)(=O)N[Si](C)(C)C(C)(C)C)C1.COc1ccc(CN=S(N)(=O)N(c2cnn(C)c2)C2CCCN(C)C2)c(OC)c1.COc1ccc(CNS(=O)(=N[Si](C)(C)C(C)(C)C)N(c2cnn(C)c2)C2CCCN(C)C2)c(OC)c1.Cn1cc(N(C2CCC[NH+](C)C2)S(N)(=O)=O)cn1.O=C([O-])C(F)(F)F. The molecule has 34 nitrogen and oxygen atoms in total. The Morgan fingerprint density at radius 2 is 0.983 bits per heavy atom. The summed E-state index contributed by atoms with van der Waals surface area (Å²) >= 11 is 0. The molecule has 4 fully saturated rings. The molecule has 650 valence electrons. The van der Waals surface area contributed by atoms with Crippen molar-refractivity contribution in [2.24, 2.45) is 46.9 Å². The molecule has 0 amide bonds. The molecule has 10 rings (SSSR count). The average Bonchev–Trinajstić information content (AvgIpc) is 1.70. The first-order valence-corrected chi connectivity index (χ1v) is 50.1. The number of ether oxygens (including phenoxy) is 4. The van der Waals surface area contributed by atoms with Gasteiger partial charge in [-0.3, -0.25) is 31.6 Å². The molecule has 8 heterocycles. The van der Waals surface area contributed by atoms with E-state index in [1.165, 1.54) is 15.4 Å². The van der Waals surface area contributed by atoms with Gasteiger partial charge in [0.1, 0.15) is 37.2 Å². The second-order valence-corrected chi connectivity index (χ2v) is 50.1. The van der Waals surface area contributed by atoms with E-state index < -0.39 is 69.1 Å². The van der Waals surface area contributed by atoms with Crippen molar-refractivity contribution in [1.29, 1.82) is 4.78 Å². The molecule has 8 atom stereocenters. The van der Waals surface area contributed by atoms with Gasteiger partial charge in [-0.1, -0.05) is 60.7 Å². The lowest BCUT2D eigenvalue weighted by Gasteiger charge is -2.43. The maximum absolute atomic E-state index is 15.2. The number of alkyl halides is 3. The van der Waals surface area contributed by atoms with Crippen LogP contribution in [0, 0.1) is 4.78 Å². The predicted octanol–water partition coefficient (Wildman–Crippen LogP) is 6.42. The van der Waals surface area contributed by atoms with Gasteiger partial charge in [-0.05, 0) is 134 Å². The minimum Gasteiger partial charge on any atom is -0.542 e. The number of carbonyl (C=O) groups excluding carboxylic acids is 1. The summed E-state index contributed by atoms with van der Waals surface area (Å²) in [6, 6.07) is 11.1. The van der Waals surface area contributed by atoms with E-state index in [1.807, 2.05) is 74.4 Å².